The first-order valence-electron chi connectivity index (χ1n) is 7.29. The predicted molar refractivity (Wildman–Crippen MR) is 89.8 cm³/mol. The van der Waals surface area contributed by atoms with Gasteiger partial charge >= 0.3 is 0 Å². The van der Waals surface area contributed by atoms with Gasteiger partial charge in [0, 0.05) is 23.8 Å². The van der Waals surface area contributed by atoms with Gasteiger partial charge in [-0.05, 0) is 29.1 Å². The van der Waals surface area contributed by atoms with Crippen LogP contribution in [0.5, 0.6) is 0 Å². The zero-order valence-corrected chi connectivity index (χ0v) is 13.0. The molecule has 1 amide bonds. The number of benzene rings is 1. The molecular weight excluding hydrogens is 292 g/mol. The molecule has 0 bridgehead atoms. The van der Waals surface area contributed by atoms with Crippen molar-refractivity contribution in [3.8, 4) is 0 Å². The Morgan fingerprint density at radius 3 is 2.50 bits per heavy atom. The summed E-state index contributed by atoms with van der Waals surface area (Å²) in [7, 11) is 0. The molecule has 1 N–H and O–H groups in total. The molecule has 3 rings (SSSR count). The molecule has 4 heteroatoms. The van der Waals surface area contributed by atoms with Gasteiger partial charge in [-0.15, -0.1) is 11.3 Å². The summed E-state index contributed by atoms with van der Waals surface area (Å²) >= 11 is 1.68. The van der Waals surface area contributed by atoms with Gasteiger partial charge in [0.15, 0.2) is 0 Å². The fourth-order valence-corrected chi connectivity index (χ4v) is 3.27. The molecular formula is C18H18N2OS. The molecule has 0 saturated carbocycles. The Morgan fingerprint density at radius 1 is 1.05 bits per heavy atom. The summed E-state index contributed by atoms with van der Waals surface area (Å²) in [5, 5.41) is 5.05. The van der Waals surface area contributed by atoms with Gasteiger partial charge in [0.2, 0.25) is 5.91 Å². The molecule has 2 aromatic heterocycles. The SMILES string of the molecule is O=C(CC(c1cccs1)n1cccc1)NCc1ccccc1. The molecule has 22 heavy (non-hydrogen) atoms. The Morgan fingerprint density at radius 2 is 1.82 bits per heavy atom. The van der Waals surface area contributed by atoms with Crippen LogP contribution >= 0.6 is 11.3 Å². The zero-order chi connectivity index (χ0) is 15.2. The standard InChI is InChI=1S/C18H18N2OS/c21-18(19-14-15-7-2-1-3-8-15)13-16(17-9-6-12-22-17)20-10-4-5-11-20/h1-12,16H,13-14H2,(H,19,21). The maximum Gasteiger partial charge on any atom is 0.222 e. The largest absolute Gasteiger partial charge is 0.352 e. The van der Waals surface area contributed by atoms with E-state index < -0.39 is 0 Å². The predicted octanol–water partition coefficient (Wildman–Crippen LogP) is 3.85. The van der Waals surface area contributed by atoms with Crippen LogP contribution in [-0.2, 0) is 11.3 Å². The summed E-state index contributed by atoms with van der Waals surface area (Å²) in [5.74, 6) is 0.0657. The van der Waals surface area contributed by atoms with E-state index in [1.807, 2.05) is 66.3 Å². The van der Waals surface area contributed by atoms with Crippen molar-refractivity contribution in [1.29, 1.82) is 0 Å². The highest BCUT2D eigenvalue weighted by Crippen LogP contribution is 2.26. The van der Waals surface area contributed by atoms with E-state index in [1.165, 1.54) is 4.88 Å². The van der Waals surface area contributed by atoms with Crippen LogP contribution in [0.25, 0.3) is 0 Å². The Hall–Kier alpha value is -2.33. The smallest absolute Gasteiger partial charge is 0.222 e. The van der Waals surface area contributed by atoms with Crippen molar-refractivity contribution in [2.24, 2.45) is 0 Å². The lowest BCUT2D eigenvalue weighted by molar-refractivity contribution is -0.121. The number of aromatic nitrogens is 1. The average Bonchev–Trinajstić information content (AvgIpc) is 3.25. The summed E-state index contributed by atoms with van der Waals surface area (Å²) < 4.78 is 2.09. The monoisotopic (exact) mass is 310 g/mol. The van der Waals surface area contributed by atoms with Gasteiger partial charge < -0.3 is 9.88 Å². The molecule has 1 unspecified atom stereocenters. The normalized spacial score (nSPS) is 12.0. The van der Waals surface area contributed by atoms with Crippen LogP contribution < -0.4 is 5.32 Å². The van der Waals surface area contributed by atoms with Gasteiger partial charge in [0.25, 0.3) is 0 Å². The average molecular weight is 310 g/mol. The third-order valence-corrected chi connectivity index (χ3v) is 4.54. The zero-order valence-electron chi connectivity index (χ0n) is 12.2. The maximum absolute atomic E-state index is 12.3. The van der Waals surface area contributed by atoms with Gasteiger partial charge in [-0.1, -0.05) is 36.4 Å². The Labute approximate surface area is 134 Å². The minimum Gasteiger partial charge on any atom is -0.352 e. The van der Waals surface area contributed by atoms with Crippen molar-refractivity contribution in [3.63, 3.8) is 0 Å². The van der Waals surface area contributed by atoms with Gasteiger partial charge in [-0.3, -0.25) is 4.79 Å². The van der Waals surface area contributed by atoms with E-state index in [2.05, 4.69) is 16.0 Å². The fourth-order valence-electron chi connectivity index (χ4n) is 2.43. The third kappa shape index (κ3) is 3.65. The first kappa shape index (κ1) is 14.6. The highest BCUT2D eigenvalue weighted by atomic mass is 32.1. The minimum atomic E-state index is 0.0609. The van der Waals surface area contributed by atoms with E-state index in [9.17, 15) is 4.79 Å². The molecule has 0 aliphatic heterocycles. The number of hydrogen-bond acceptors (Lipinski definition) is 2. The molecule has 3 nitrogen and oxygen atoms in total. The van der Waals surface area contributed by atoms with Gasteiger partial charge in [-0.2, -0.15) is 0 Å². The molecule has 1 atom stereocenters. The number of carbonyl (C=O) groups is 1. The number of carbonyl (C=O) groups excluding carboxylic acids is 1. The molecule has 0 spiro atoms. The number of nitrogens with zero attached hydrogens (tertiary/aromatic N) is 1. The van der Waals surface area contributed by atoms with E-state index in [-0.39, 0.29) is 11.9 Å². The summed E-state index contributed by atoms with van der Waals surface area (Å²) in [5.41, 5.74) is 1.12. The summed E-state index contributed by atoms with van der Waals surface area (Å²) in [6, 6.07) is 18.1. The van der Waals surface area contributed by atoms with Crippen molar-refractivity contribution in [1.82, 2.24) is 9.88 Å². The van der Waals surface area contributed by atoms with E-state index in [0.717, 1.165) is 5.56 Å². The van der Waals surface area contributed by atoms with Crippen LogP contribution in [0.3, 0.4) is 0 Å². The van der Waals surface area contributed by atoms with Crippen molar-refractivity contribution < 1.29 is 4.79 Å². The molecule has 112 valence electrons. The lowest BCUT2D eigenvalue weighted by Gasteiger charge is -2.17. The highest BCUT2D eigenvalue weighted by Gasteiger charge is 2.18. The Kier molecular flexibility index (Phi) is 4.71. The van der Waals surface area contributed by atoms with Crippen molar-refractivity contribution in [2.45, 2.75) is 19.0 Å². The minimum absolute atomic E-state index is 0.0609. The molecule has 0 saturated heterocycles. The molecule has 0 radical (unpaired) electrons. The van der Waals surface area contributed by atoms with Crippen LogP contribution in [0.1, 0.15) is 22.9 Å². The van der Waals surface area contributed by atoms with Gasteiger partial charge in [0.05, 0.1) is 12.5 Å². The summed E-state index contributed by atoms with van der Waals surface area (Å²) in [6.07, 6.45) is 4.46. The lowest BCUT2D eigenvalue weighted by Crippen LogP contribution is -2.26. The first-order chi connectivity index (χ1) is 10.8. The molecule has 2 heterocycles. The van der Waals surface area contributed by atoms with Gasteiger partial charge in [-0.25, -0.2) is 0 Å². The Bertz CT molecular complexity index is 656. The second-order valence-corrected chi connectivity index (χ2v) is 6.11. The number of rotatable bonds is 6. The topological polar surface area (TPSA) is 34.0 Å². The highest BCUT2D eigenvalue weighted by molar-refractivity contribution is 7.10. The summed E-state index contributed by atoms with van der Waals surface area (Å²) in [6.45, 7) is 0.572. The van der Waals surface area contributed by atoms with E-state index >= 15 is 0 Å². The van der Waals surface area contributed by atoms with Crippen LogP contribution in [0.15, 0.2) is 72.4 Å². The molecule has 0 aliphatic rings. The van der Waals surface area contributed by atoms with Crippen LogP contribution in [0.4, 0.5) is 0 Å². The number of thiophene rings is 1. The number of nitrogens with one attached hydrogen (secondary N) is 1. The number of hydrogen-bond donors (Lipinski definition) is 1. The second-order valence-electron chi connectivity index (χ2n) is 5.13. The van der Waals surface area contributed by atoms with Crippen LogP contribution in [0.2, 0.25) is 0 Å². The van der Waals surface area contributed by atoms with Crippen molar-refractivity contribution >= 4 is 17.2 Å². The first-order valence-corrected chi connectivity index (χ1v) is 8.17. The summed E-state index contributed by atoms with van der Waals surface area (Å²) in [4.78, 5) is 13.5. The Balaban J connectivity index is 1.65. The van der Waals surface area contributed by atoms with Crippen LogP contribution in [0, 0.1) is 0 Å². The van der Waals surface area contributed by atoms with E-state index in [4.69, 9.17) is 0 Å². The maximum atomic E-state index is 12.3. The number of amides is 1. The van der Waals surface area contributed by atoms with Crippen molar-refractivity contribution in [3.05, 3.63) is 82.8 Å². The van der Waals surface area contributed by atoms with Gasteiger partial charge in [0.1, 0.15) is 0 Å². The molecule has 0 aliphatic carbocycles. The second kappa shape index (κ2) is 7.09. The fraction of sp³-hybridized carbons (Fsp3) is 0.167. The van der Waals surface area contributed by atoms with Crippen molar-refractivity contribution in [2.75, 3.05) is 0 Å². The molecule has 0 fully saturated rings. The quantitative estimate of drug-likeness (QED) is 0.737. The van der Waals surface area contributed by atoms with Crippen LogP contribution in [-0.4, -0.2) is 10.5 Å². The molecule has 1 aromatic carbocycles. The lowest BCUT2D eigenvalue weighted by atomic mass is 10.1. The molecule has 3 aromatic rings. The third-order valence-electron chi connectivity index (χ3n) is 3.57. The van der Waals surface area contributed by atoms with E-state index in [0.29, 0.717) is 13.0 Å². The van der Waals surface area contributed by atoms with E-state index in [1.54, 1.807) is 11.3 Å².